The Hall–Kier alpha value is -4.32. The predicted octanol–water partition coefficient (Wildman–Crippen LogP) is 2.01. The van der Waals surface area contributed by atoms with Crippen LogP contribution in [-0.2, 0) is 14.1 Å². The third kappa shape index (κ3) is 4.11. The molecule has 0 aliphatic carbocycles. The Kier molecular flexibility index (Phi) is 5.17. The van der Waals surface area contributed by atoms with Crippen molar-refractivity contribution in [3.05, 3.63) is 110 Å². The fourth-order valence-corrected chi connectivity index (χ4v) is 3.55. The van der Waals surface area contributed by atoms with Crippen molar-refractivity contribution >= 4 is 0 Å². The molecule has 6 heteroatoms. The zero-order chi connectivity index (χ0) is 21.9. The van der Waals surface area contributed by atoms with Crippen molar-refractivity contribution in [3.63, 3.8) is 0 Å². The first-order valence-corrected chi connectivity index (χ1v) is 10.4. The van der Waals surface area contributed by atoms with Gasteiger partial charge in [0.15, 0.2) is 24.8 Å². The van der Waals surface area contributed by atoms with Crippen LogP contribution in [-0.4, -0.2) is 9.97 Å². The minimum Gasteiger partial charge on any atom is -0.208 e. The quantitative estimate of drug-likeness (QED) is 0.418. The Balaban J connectivity index is 1.39. The SMILES string of the molecule is C[n+]1ccc(-c2cc[n+](-c3cc(-[n+]4ccc(-c5cc[n+](C)cc5)cc4)ncn3)cc2)cc1. The third-order valence-electron chi connectivity index (χ3n) is 5.45. The van der Waals surface area contributed by atoms with E-state index in [9.17, 15) is 0 Å². The normalized spacial score (nSPS) is 10.8. The average Bonchev–Trinajstić information content (AvgIpc) is 2.85. The summed E-state index contributed by atoms with van der Waals surface area (Å²) in [6.45, 7) is 0. The lowest BCUT2D eigenvalue weighted by Crippen LogP contribution is -2.35. The van der Waals surface area contributed by atoms with E-state index >= 15 is 0 Å². The number of nitrogens with zero attached hydrogens (tertiary/aromatic N) is 6. The molecule has 0 aliphatic heterocycles. The largest absolute Gasteiger partial charge is 0.340 e. The molecule has 0 bridgehead atoms. The molecule has 0 aromatic carbocycles. The first-order valence-electron chi connectivity index (χ1n) is 10.4. The second-order valence-electron chi connectivity index (χ2n) is 7.73. The van der Waals surface area contributed by atoms with Gasteiger partial charge in [0, 0.05) is 24.3 Å². The van der Waals surface area contributed by atoms with Gasteiger partial charge in [-0.05, 0) is 56.5 Å². The summed E-state index contributed by atoms with van der Waals surface area (Å²) in [4.78, 5) is 8.91. The summed E-state index contributed by atoms with van der Waals surface area (Å²) in [6.07, 6.45) is 17.9. The molecule has 154 valence electrons. The molecule has 0 aliphatic rings. The molecule has 5 aromatic rings. The molecule has 0 radical (unpaired) electrons. The summed E-state index contributed by atoms with van der Waals surface area (Å²) in [5.41, 5.74) is 4.69. The smallest absolute Gasteiger partial charge is 0.208 e. The lowest BCUT2D eigenvalue weighted by atomic mass is 10.1. The summed E-state index contributed by atoms with van der Waals surface area (Å²) >= 11 is 0. The maximum atomic E-state index is 4.46. The highest BCUT2D eigenvalue weighted by Gasteiger charge is 2.17. The Morgan fingerprint density at radius 2 is 0.781 bits per heavy atom. The van der Waals surface area contributed by atoms with Crippen LogP contribution in [0.2, 0.25) is 0 Å². The highest BCUT2D eigenvalue weighted by atomic mass is 15.1. The van der Waals surface area contributed by atoms with Gasteiger partial charge in [-0.2, -0.15) is 0 Å². The van der Waals surface area contributed by atoms with Crippen molar-refractivity contribution in [3.8, 4) is 33.9 Å². The molecule has 6 nitrogen and oxygen atoms in total. The number of pyridine rings is 4. The van der Waals surface area contributed by atoms with E-state index in [2.05, 4.69) is 58.5 Å². The summed E-state index contributed by atoms with van der Waals surface area (Å²) in [7, 11) is 4.03. The van der Waals surface area contributed by atoms with E-state index in [-0.39, 0.29) is 0 Å². The van der Waals surface area contributed by atoms with Crippen LogP contribution in [0.4, 0.5) is 0 Å². The minimum absolute atomic E-state index is 0.813. The maximum Gasteiger partial charge on any atom is 0.340 e. The van der Waals surface area contributed by atoms with E-state index in [1.807, 2.05) is 88.0 Å². The van der Waals surface area contributed by atoms with Gasteiger partial charge in [0.1, 0.15) is 20.2 Å². The molecule has 0 spiro atoms. The Morgan fingerprint density at radius 1 is 0.469 bits per heavy atom. The molecular formula is C26H24N6+4. The van der Waals surface area contributed by atoms with Gasteiger partial charge in [-0.1, -0.05) is 0 Å². The maximum absolute atomic E-state index is 4.46. The number of rotatable bonds is 4. The van der Waals surface area contributed by atoms with Gasteiger partial charge in [-0.25, -0.2) is 18.3 Å². The summed E-state index contributed by atoms with van der Waals surface area (Å²) < 4.78 is 8.05. The minimum atomic E-state index is 0.813. The predicted molar refractivity (Wildman–Crippen MR) is 118 cm³/mol. The molecule has 0 saturated carbocycles. The zero-order valence-corrected chi connectivity index (χ0v) is 18.1. The van der Waals surface area contributed by atoms with Gasteiger partial charge < -0.3 is 0 Å². The number of aryl methyl sites for hydroxylation is 2. The van der Waals surface area contributed by atoms with E-state index in [0.717, 1.165) is 22.8 Å². The van der Waals surface area contributed by atoms with Gasteiger partial charge in [0.05, 0.1) is 24.8 Å². The summed E-state index contributed by atoms with van der Waals surface area (Å²) in [5.74, 6) is 1.63. The van der Waals surface area contributed by atoms with Crippen molar-refractivity contribution in [1.82, 2.24) is 9.97 Å². The Bertz CT molecular complexity index is 1240. The Morgan fingerprint density at radius 3 is 1.12 bits per heavy atom. The fourth-order valence-electron chi connectivity index (χ4n) is 3.55. The first kappa shape index (κ1) is 19.6. The summed E-state index contributed by atoms with van der Waals surface area (Å²) in [6, 6.07) is 18.8. The van der Waals surface area contributed by atoms with Crippen LogP contribution in [0.5, 0.6) is 0 Å². The van der Waals surface area contributed by atoms with Crippen LogP contribution in [0.1, 0.15) is 0 Å². The van der Waals surface area contributed by atoms with E-state index in [1.54, 1.807) is 6.33 Å². The third-order valence-corrected chi connectivity index (χ3v) is 5.45. The highest BCUT2D eigenvalue weighted by Crippen LogP contribution is 2.17. The molecule has 0 fully saturated rings. The van der Waals surface area contributed by atoms with E-state index in [1.165, 1.54) is 11.1 Å². The van der Waals surface area contributed by atoms with E-state index < -0.39 is 0 Å². The number of hydrogen-bond acceptors (Lipinski definition) is 2. The molecule has 0 atom stereocenters. The van der Waals surface area contributed by atoms with Crippen LogP contribution in [0.15, 0.2) is 110 Å². The molecule has 0 saturated heterocycles. The molecule has 5 aromatic heterocycles. The monoisotopic (exact) mass is 420 g/mol. The first-order chi connectivity index (χ1) is 15.7. The van der Waals surface area contributed by atoms with Crippen LogP contribution >= 0.6 is 0 Å². The van der Waals surface area contributed by atoms with E-state index in [0.29, 0.717) is 0 Å². The van der Waals surface area contributed by atoms with Crippen molar-refractivity contribution in [2.45, 2.75) is 0 Å². The molecule has 5 rings (SSSR count). The lowest BCUT2D eigenvalue weighted by molar-refractivity contribution is -0.671. The van der Waals surface area contributed by atoms with Gasteiger partial charge in [-0.15, -0.1) is 0 Å². The number of hydrogen-bond donors (Lipinski definition) is 0. The van der Waals surface area contributed by atoms with Crippen LogP contribution in [0, 0.1) is 0 Å². The fraction of sp³-hybridized carbons (Fsp3) is 0.0769. The molecule has 0 unspecified atom stereocenters. The van der Waals surface area contributed by atoms with Crippen molar-refractivity contribution < 1.29 is 18.3 Å². The van der Waals surface area contributed by atoms with Gasteiger partial charge in [0.25, 0.3) is 0 Å². The topological polar surface area (TPSA) is 41.3 Å². The van der Waals surface area contributed by atoms with Crippen molar-refractivity contribution in [1.29, 1.82) is 0 Å². The molecule has 5 heterocycles. The van der Waals surface area contributed by atoms with Gasteiger partial charge >= 0.3 is 18.0 Å². The highest BCUT2D eigenvalue weighted by molar-refractivity contribution is 5.61. The van der Waals surface area contributed by atoms with Crippen molar-refractivity contribution in [2.75, 3.05) is 0 Å². The van der Waals surface area contributed by atoms with Crippen molar-refractivity contribution in [2.24, 2.45) is 14.1 Å². The van der Waals surface area contributed by atoms with E-state index in [4.69, 9.17) is 0 Å². The second-order valence-corrected chi connectivity index (χ2v) is 7.73. The number of aromatic nitrogens is 6. The molecular weight excluding hydrogens is 396 g/mol. The van der Waals surface area contributed by atoms with Crippen LogP contribution in [0.3, 0.4) is 0 Å². The average molecular weight is 421 g/mol. The van der Waals surface area contributed by atoms with Crippen LogP contribution < -0.4 is 18.3 Å². The molecule has 32 heavy (non-hydrogen) atoms. The Labute approximate surface area is 187 Å². The molecule has 0 amide bonds. The lowest BCUT2D eigenvalue weighted by Gasteiger charge is -2.02. The van der Waals surface area contributed by atoms with Gasteiger partial charge in [0.2, 0.25) is 0 Å². The van der Waals surface area contributed by atoms with Crippen LogP contribution in [0.25, 0.3) is 33.9 Å². The zero-order valence-electron chi connectivity index (χ0n) is 18.1. The molecule has 0 N–H and O–H groups in total. The summed E-state index contributed by atoms with van der Waals surface area (Å²) in [5, 5.41) is 0. The standard InChI is InChI=1S/C26H24N6/c1-29-11-3-21(4-12-29)23-7-15-31(16-8-23)25-19-26(28-20-27-25)32-17-9-24(10-18-32)22-5-13-30(2)14-6-22/h3-20H,1-2H3/q+4. The second kappa shape index (κ2) is 8.43. The van der Waals surface area contributed by atoms with Gasteiger partial charge in [-0.3, -0.25) is 0 Å².